The van der Waals surface area contributed by atoms with Crippen LogP contribution in [-0.4, -0.2) is 59.7 Å². The molecule has 0 unspecified atom stereocenters. The molecule has 142 valence electrons. The number of aliphatic carboxylic acids is 1. The summed E-state index contributed by atoms with van der Waals surface area (Å²) in [5.41, 5.74) is 0.225. The first-order valence-corrected chi connectivity index (χ1v) is 9.14. The molecule has 4 rings (SSSR count). The number of hydrogen-bond acceptors (Lipinski definition) is 5. The monoisotopic (exact) mass is 369 g/mol. The standard InChI is InChI=1S/C20H23N3O4/c1-22-17(24)12-14(19(25)26)20(22)8-10-23(11-9-20)16-7-6-13-4-3-5-15(27-2)18(13)21-16/h3-7,14H,8-12H2,1-2H3,(H,25,26)/t14-/m1/s1. The molecule has 3 heterocycles. The highest BCUT2D eigenvalue weighted by Gasteiger charge is 2.55. The maximum absolute atomic E-state index is 12.2. The number of carbonyl (C=O) groups is 2. The third kappa shape index (κ3) is 2.69. The summed E-state index contributed by atoms with van der Waals surface area (Å²) in [6.45, 7) is 1.32. The van der Waals surface area contributed by atoms with Gasteiger partial charge in [0.15, 0.2) is 0 Å². The molecule has 0 radical (unpaired) electrons. The van der Waals surface area contributed by atoms with Crippen molar-refractivity contribution < 1.29 is 19.4 Å². The van der Waals surface area contributed by atoms with Gasteiger partial charge in [-0.25, -0.2) is 4.98 Å². The van der Waals surface area contributed by atoms with Gasteiger partial charge in [0.1, 0.15) is 17.1 Å². The van der Waals surface area contributed by atoms with E-state index in [0.717, 1.165) is 22.5 Å². The van der Waals surface area contributed by atoms with Gasteiger partial charge in [0.25, 0.3) is 0 Å². The minimum absolute atomic E-state index is 0.0792. The fourth-order valence-electron chi connectivity index (χ4n) is 4.56. The molecule has 0 saturated carbocycles. The topological polar surface area (TPSA) is 83.0 Å². The SMILES string of the molecule is COc1cccc2ccc(N3CCC4(CC3)[C@@H](C(=O)O)CC(=O)N4C)nc12. The van der Waals surface area contributed by atoms with E-state index < -0.39 is 17.4 Å². The molecule has 1 atom stereocenters. The van der Waals surface area contributed by atoms with Crippen molar-refractivity contribution in [3.8, 4) is 5.75 Å². The van der Waals surface area contributed by atoms with E-state index in [1.807, 2.05) is 30.3 Å². The first-order chi connectivity index (χ1) is 13.0. The quantitative estimate of drug-likeness (QED) is 0.893. The van der Waals surface area contributed by atoms with Crippen LogP contribution in [0.4, 0.5) is 5.82 Å². The number of carboxylic acid groups (broad SMARTS) is 1. The number of rotatable bonds is 3. The highest BCUT2D eigenvalue weighted by Crippen LogP contribution is 2.43. The Hall–Kier alpha value is -2.83. The van der Waals surface area contributed by atoms with Crippen molar-refractivity contribution in [2.24, 2.45) is 5.92 Å². The van der Waals surface area contributed by atoms with Crippen molar-refractivity contribution in [3.05, 3.63) is 30.3 Å². The van der Waals surface area contributed by atoms with Crippen molar-refractivity contribution in [1.29, 1.82) is 0 Å². The Kier molecular flexibility index (Phi) is 4.17. The second-order valence-electron chi connectivity index (χ2n) is 7.34. The summed E-state index contributed by atoms with van der Waals surface area (Å²) in [5.74, 6) is -0.0171. The number of likely N-dealkylation sites (tertiary alicyclic amines) is 1. The Morgan fingerprint density at radius 3 is 2.67 bits per heavy atom. The number of para-hydroxylation sites is 1. The van der Waals surface area contributed by atoms with Crippen LogP contribution in [0.3, 0.4) is 0 Å². The third-order valence-corrected chi connectivity index (χ3v) is 6.21. The molecule has 2 fully saturated rings. The predicted molar refractivity (Wildman–Crippen MR) is 101 cm³/mol. The lowest BCUT2D eigenvalue weighted by Crippen LogP contribution is -2.56. The number of anilines is 1. The van der Waals surface area contributed by atoms with Gasteiger partial charge in [-0.2, -0.15) is 0 Å². The average molecular weight is 369 g/mol. The van der Waals surface area contributed by atoms with Crippen LogP contribution in [0.5, 0.6) is 5.75 Å². The summed E-state index contributed by atoms with van der Waals surface area (Å²) in [6, 6.07) is 9.83. The van der Waals surface area contributed by atoms with E-state index in [2.05, 4.69) is 4.90 Å². The zero-order valence-electron chi connectivity index (χ0n) is 15.5. The van der Waals surface area contributed by atoms with Crippen LogP contribution in [0.2, 0.25) is 0 Å². The largest absolute Gasteiger partial charge is 0.494 e. The van der Waals surface area contributed by atoms with Crippen LogP contribution < -0.4 is 9.64 Å². The molecule has 1 aromatic carbocycles. The molecule has 1 amide bonds. The summed E-state index contributed by atoms with van der Waals surface area (Å²) < 4.78 is 5.42. The molecule has 27 heavy (non-hydrogen) atoms. The molecule has 7 nitrogen and oxygen atoms in total. The van der Waals surface area contributed by atoms with E-state index in [1.54, 1.807) is 19.1 Å². The smallest absolute Gasteiger partial charge is 0.309 e. The summed E-state index contributed by atoms with van der Waals surface area (Å²) in [4.78, 5) is 32.5. The number of aromatic nitrogens is 1. The highest BCUT2D eigenvalue weighted by molar-refractivity contribution is 5.88. The Balaban J connectivity index is 1.60. The van der Waals surface area contributed by atoms with Gasteiger partial charge in [-0.05, 0) is 31.0 Å². The molecule has 1 aromatic heterocycles. The van der Waals surface area contributed by atoms with E-state index >= 15 is 0 Å². The van der Waals surface area contributed by atoms with Crippen molar-refractivity contribution in [3.63, 3.8) is 0 Å². The minimum Gasteiger partial charge on any atom is -0.494 e. The normalized spacial score (nSPS) is 21.9. The van der Waals surface area contributed by atoms with E-state index in [4.69, 9.17) is 9.72 Å². The molecule has 1 spiro atoms. The van der Waals surface area contributed by atoms with Crippen molar-refractivity contribution in [2.75, 3.05) is 32.1 Å². The number of carboxylic acids is 1. The van der Waals surface area contributed by atoms with Gasteiger partial charge in [-0.3, -0.25) is 9.59 Å². The number of carbonyl (C=O) groups excluding carboxylic acids is 1. The molecule has 2 saturated heterocycles. The van der Waals surface area contributed by atoms with Gasteiger partial charge in [0, 0.05) is 31.9 Å². The second-order valence-corrected chi connectivity index (χ2v) is 7.34. The summed E-state index contributed by atoms with van der Waals surface area (Å²) in [5, 5.41) is 10.6. The number of hydrogen-bond donors (Lipinski definition) is 1. The number of piperidine rings is 1. The zero-order valence-corrected chi connectivity index (χ0v) is 15.5. The number of nitrogens with zero attached hydrogens (tertiary/aromatic N) is 3. The van der Waals surface area contributed by atoms with Gasteiger partial charge in [0.05, 0.1) is 18.6 Å². The number of fused-ring (bicyclic) bond motifs is 1. The van der Waals surface area contributed by atoms with Crippen LogP contribution in [0, 0.1) is 5.92 Å². The number of amides is 1. The van der Waals surface area contributed by atoms with Gasteiger partial charge in [-0.15, -0.1) is 0 Å². The highest BCUT2D eigenvalue weighted by atomic mass is 16.5. The molecule has 0 aliphatic carbocycles. The molecular formula is C20H23N3O4. The zero-order chi connectivity index (χ0) is 19.2. The van der Waals surface area contributed by atoms with Crippen molar-refractivity contribution in [2.45, 2.75) is 24.8 Å². The molecule has 1 N–H and O–H groups in total. The minimum atomic E-state index is -0.880. The lowest BCUT2D eigenvalue weighted by molar-refractivity contribution is -0.145. The Morgan fingerprint density at radius 2 is 2.00 bits per heavy atom. The van der Waals surface area contributed by atoms with Crippen molar-refractivity contribution >= 4 is 28.6 Å². The molecule has 2 aliphatic rings. The van der Waals surface area contributed by atoms with E-state index in [0.29, 0.717) is 25.9 Å². The average Bonchev–Trinajstić information content (AvgIpc) is 2.93. The molecule has 0 bridgehead atoms. The fraction of sp³-hybridized carbons (Fsp3) is 0.450. The van der Waals surface area contributed by atoms with Gasteiger partial charge in [-0.1, -0.05) is 12.1 Å². The number of pyridine rings is 1. The molecular weight excluding hydrogens is 346 g/mol. The van der Waals surface area contributed by atoms with Crippen LogP contribution >= 0.6 is 0 Å². The van der Waals surface area contributed by atoms with E-state index in [-0.39, 0.29) is 12.3 Å². The van der Waals surface area contributed by atoms with Gasteiger partial charge < -0.3 is 19.6 Å². The maximum atomic E-state index is 12.2. The lowest BCUT2D eigenvalue weighted by Gasteiger charge is -2.45. The number of benzene rings is 1. The number of ether oxygens (including phenoxy) is 1. The van der Waals surface area contributed by atoms with Crippen LogP contribution in [-0.2, 0) is 9.59 Å². The Labute approximate surface area is 157 Å². The van der Waals surface area contributed by atoms with Crippen LogP contribution in [0.25, 0.3) is 10.9 Å². The fourth-order valence-corrected chi connectivity index (χ4v) is 4.56. The van der Waals surface area contributed by atoms with Gasteiger partial charge >= 0.3 is 5.97 Å². The third-order valence-electron chi connectivity index (χ3n) is 6.21. The Bertz CT molecular complexity index is 905. The van der Waals surface area contributed by atoms with Gasteiger partial charge in [0.2, 0.25) is 5.91 Å². The summed E-state index contributed by atoms with van der Waals surface area (Å²) >= 11 is 0. The molecule has 7 heteroatoms. The first kappa shape index (κ1) is 17.6. The molecule has 2 aromatic rings. The number of methoxy groups -OCH3 is 1. The predicted octanol–water partition coefficient (Wildman–Crippen LogP) is 2.15. The summed E-state index contributed by atoms with van der Waals surface area (Å²) in [7, 11) is 3.37. The van der Waals surface area contributed by atoms with Crippen LogP contribution in [0.1, 0.15) is 19.3 Å². The van der Waals surface area contributed by atoms with E-state index in [9.17, 15) is 14.7 Å². The lowest BCUT2D eigenvalue weighted by atomic mass is 9.77. The molecule has 2 aliphatic heterocycles. The first-order valence-electron chi connectivity index (χ1n) is 9.14. The Morgan fingerprint density at radius 1 is 1.26 bits per heavy atom. The maximum Gasteiger partial charge on any atom is 0.309 e. The van der Waals surface area contributed by atoms with Crippen molar-refractivity contribution in [1.82, 2.24) is 9.88 Å². The van der Waals surface area contributed by atoms with Crippen LogP contribution in [0.15, 0.2) is 30.3 Å². The summed E-state index contributed by atoms with van der Waals surface area (Å²) in [6.07, 6.45) is 1.34. The second kappa shape index (κ2) is 6.40. The van der Waals surface area contributed by atoms with E-state index in [1.165, 1.54) is 0 Å².